The van der Waals surface area contributed by atoms with Crippen molar-refractivity contribution in [3.63, 3.8) is 0 Å². The lowest BCUT2D eigenvalue weighted by Crippen LogP contribution is -2.30. The quantitative estimate of drug-likeness (QED) is 0.708. The van der Waals surface area contributed by atoms with Crippen LogP contribution in [0.5, 0.6) is 0 Å². The Labute approximate surface area is 152 Å². The number of fused-ring (bicyclic) bond motifs is 4. The van der Waals surface area contributed by atoms with Gasteiger partial charge in [-0.3, -0.25) is 9.48 Å². The van der Waals surface area contributed by atoms with Crippen molar-refractivity contribution in [3.05, 3.63) is 53.9 Å². The minimum Gasteiger partial charge on any atom is -0.368 e. The lowest BCUT2D eigenvalue weighted by Gasteiger charge is -2.20. The highest BCUT2D eigenvalue weighted by Gasteiger charge is 2.18. The molecule has 26 heavy (non-hydrogen) atoms. The molecule has 1 atom stereocenters. The summed E-state index contributed by atoms with van der Waals surface area (Å²) < 4.78 is 1.83. The molecule has 0 fully saturated rings. The van der Waals surface area contributed by atoms with E-state index < -0.39 is 0 Å². The lowest BCUT2D eigenvalue weighted by molar-refractivity contribution is -0.121. The summed E-state index contributed by atoms with van der Waals surface area (Å²) >= 11 is 0. The average molecular weight is 349 g/mol. The molecule has 134 valence electrons. The van der Waals surface area contributed by atoms with Crippen LogP contribution in [0.25, 0.3) is 10.9 Å². The van der Waals surface area contributed by atoms with Gasteiger partial charge < -0.3 is 10.6 Å². The smallest absolute Gasteiger partial charge is 0.226 e. The maximum atomic E-state index is 12.6. The highest BCUT2D eigenvalue weighted by molar-refractivity contribution is 5.90. The number of carbonyl (C=O) groups is 1. The second-order valence-electron chi connectivity index (χ2n) is 6.80. The molecule has 4 rings (SSSR count). The van der Waals surface area contributed by atoms with Gasteiger partial charge in [-0.25, -0.2) is 4.98 Å². The van der Waals surface area contributed by atoms with Gasteiger partial charge in [0.1, 0.15) is 5.52 Å². The number of carbonyl (C=O) groups excluding carboxylic acids is 1. The standard InChI is InChI=1S/C20H23N5O/c1-25-19-15(13-22-25)11-16-12-18(26)24-17(14-7-3-2-4-8-14)9-5-6-10-21-20(19)23-16/h2-4,7-8,11,13,17H,5-6,9-10,12H2,1H3,(H,21,23)(H,24,26)/t17-/m1/s1. The molecule has 2 bridgehead atoms. The molecule has 6 heteroatoms. The van der Waals surface area contributed by atoms with Crippen molar-refractivity contribution in [2.45, 2.75) is 31.7 Å². The molecule has 1 aliphatic rings. The van der Waals surface area contributed by atoms with Crippen LogP contribution in [-0.4, -0.2) is 27.2 Å². The number of nitrogens with zero attached hydrogens (tertiary/aromatic N) is 3. The van der Waals surface area contributed by atoms with Crippen molar-refractivity contribution >= 4 is 22.6 Å². The Morgan fingerprint density at radius 3 is 2.88 bits per heavy atom. The number of hydrogen-bond acceptors (Lipinski definition) is 4. The first-order chi connectivity index (χ1) is 12.7. The van der Waals surface area contributed by atoms with E-state index in [2.05, 4.69) is 32.8 Å². The Balaban J connectivity index is 1.64. The Kier molecular flexibility index (Phi) is 4.56. The van der Waals surface area contributed by atoms with Crippen LogP contribution in [0, 0.1) is 0 Å². The van der Waals surface area contributed by atoms with E-state index in [0.29, 0.717) is 0 Å². The minimum absolute atomic E-state index is 0.00103. The van der Waals surface area contributed by atoms with Gasteiger partial charge in [0.2, 0.25) is 5.91 Å². The molecule has 0 unspecified atom stereocenters. The summed E-state index contributed by atoms with van der Waals surface area (Å²) in [5.41, 5.74) is 2.90. The van der Waals surface area contributed by atoms with Gasteiger partial charge in [-0.15, -0.1) is 0 Å². The molecule has 1 aromatic carbocycles. The number of rotatable bonds is 1. The molecule has 2 aromatic heterocycles. The molecule has 3 aromatic rings. The summed E-state index contributed by atoms with van der Waals surface area (Å²) in [6.45, 7) is 0.853. The van der Waals surface area contributed by atoms with Crippen molar-refractivity contribution in [3.8, 4) is 0 Å². The summed E-state index contributed by atoms with van der Waals surface area (Å²) in [6, 6.07) is 12.2. The van der Waals surface area contributed by atoms with E-state index in [9.17, 15) is 4.79 Å². The van der Waals surface area contributed by atoms with Crippen molar-refractivity contribution in [2.24, 2.45) is 7.05 Å². The zero-order chi connectivity index (χ0) is 17.9. The summed E-state index contributed by atoms with van der Waals surface area (Å²) in [6.07, 6.45) is 5.07. The van der Waals surface area contributed by atoms with Crippen LogP contribution in [-0.2, 0) is 18.3 Å². The molecule has 3 heterocycles. The third-order valence-electron chi connectivity index (χ3n) is 4.86. The Morgan fingerprint density at radius 1 is 1.19 bits per heavy atom. The molecule has 1 amide bonds. The highest BCUT2D eigenvalue weighted by atomic mass is 16.1. The highest BCUT2D eigenvalue weighted by Crippen LogP contribution is 2.24. The molecule has 0 saturated heterocycles. The zero-order valence-corrected chi connectivity index (χ0v) is 14.9. The van der Waals surface area contributed by atoms with Crippen molar-refractivity contribution < 1.29 is 4.79 Å². The molecule has 6 nitrogen and oxygen atoms in total. The summed E-state index contributed by atoms with van der Waals surface area (Å²) in [4.78, 5) is 17.3. The number of anilines is 1. The normalized spacial score (nSPS) is 18.5. The fourth-order valence-electron chi connectivity index (χ4n) is 3.57. The fraction of sp³-hybridized carbons (Fsp3) is 0.350. The number of aryl methyl sites for hydroxylation is 1. The van der Waals surface area contributed by atoms with E-state index in [1.54, 1.807) is 0 Å². The summed E-state index contributed by atoms with van der Waals surface area (Å²) in [5.74, 6) is 0.812. The van der Waals surface area contributed by atoms with Crippen molar-refractivity contribution in [2.75, 3.05) is 11.9 Å². The maximum absolute atomic E-state index is 12.6. The van der Waals surface area contributed by atoms with Crippen molar-refractivity contribution in [1.29, 1.82) is 0 Å². The molecule has 1 aliphatic heterocycles. The second-order valence-corrected chi connectivity index (χ2v) is 6.80. The van der Waals surface area contributed by atoms with Gasteiger partial charge in [0.05, 0.1) is 24.4 Å². The topological polar surface area (TPSA) is 71.8 Å². The van der Waals surface area contributed by atoms with E-state index in [-0.39, 0.29) is 18.4 Å². The number of amides is 1. The lowest BCUT2D eigenvalue weighted by atomic mass is 10.0. The Hall–Kier alpha value is -2.89. The largest absolute Gasteiger partial charge is 0.368 e. The third kappa shape index (κ3) is 3.40. The first-order valence-corrected chi connectivity index (χ1v) is 9.10. The predicted octanol–water partition coefficient (Wildman–Crippen LogP) is 2.96. The Morgan fingerprint density at radius 2 is 2.04 bits per heavy atom. The van der Waals surface area contributed by atoms with Crippen LogP contribution in [0.2, 0.25) is 0 Å². The molecule has 0 aliphatic carbocycles. The van der Waals surface area contributed by atoms with Crippen LogP contribution in [0.1, 0.15) is 36.6 Å². The Bertz CT molecular complexity index is 919. The number of nitrogens with one attached hydrogen (secondary N) is 2. The van der Waals surface area contributed by atoms with Gasteiger partial charge in [-0.2, -0.15) is 5.10 Å². The molecular weight excluding hydrogens is 326 g/mol. The average Bonchev–Trinajstić information content (AvgIpc) is 3.01. The molecule has 2 N–H and O–H groups in total. The van der Waals surface area contributed by atoms with Gasteiger partial charge in [-0.1, -0.05) is 30.3 Å². The van der Waals surface area contributed by atoms with E-state index >= 15 is 0 Å². The monoisotopic (exact) mass is 349 g/mol. The minimum atomic E-state index is 0.00103. The van der Waals surface area contributed by atoms with E-state index in [1.165, 1.54) is 0 Å². The first kappa shape index (κ1) is 16.6. The number of hydrogen-bond donors (Lipinski definition) is 2. The molecule has 0 saturated carbocycles. The number of aromatic nitrogens is 3. The van der Waals surface area contributed by atoms with Crippen LogP contribution < -0.4 is 10.6 Å². The van der Waals surface area contributed by atoms with Gasteiger partial charge in [0.15, 0.2) is 5.82 Å². The summed E-state index contributed by atoms with van der Waals surface area (Å²) in [7, 11) is 1.91. The van der Waals surface area contributed by atoms with Gasteiger partial charge in [-0.05, 0) is 30.9 Å². The van der Waals surface area contributed by atoms with Crippen molar-refractivity contribution in [1.82, 2.24) is 20.1 Å². The van der Waals surface area contributed by atoms with E-state index in [4.69, 9.17) is 0 Å². The first-order valence-electron chi connectivity index (χ1n) is 9.10. The van der Waals surface area contributed by atoms with E-state index in [1.807, 2.05) is 42.2 Å². The second kappa shape index (κ2) is 7.15. The third-order valence-corrected chi connectivity index (χ3v) is 4.86. The summed E-state index contributed by atoms with van der Waals surface area (Å²) in [5, 5.41) is 12.0. The maximum Gasteiger partial charge on any atom is 0.226 e. The zero-order valence-electron chi connectivity index (χ0n) is 14.9. The molecular formula is C20H23N5O. The van der Waals surface area contributed by atoms with Crippen LogP contribution >= 0.6 is 0 Å². The van der Waals surface area contributed by atoms with E-state index in [0.717, 1.165) is 53.8 Å². The predicted molar refractivity (Wildman–Crippen MR) is 102 cm³/mol. The SMILES string of the molecule is Cn1ncc2cc3nc(c21)NCCCC[C@H](c1ccccc1)NC(=O)C3. The number of pyridine rings is 1. The van der Waals surface area contributed by atoms with Gasteiger partial charge in [0, 0.05) is 19.0 Å². The fourth-order valence-corrected chi connectivity index (χ4v) is 3.57. The van der Waals surface area contributed by atoms with Crippen LogP contribution in [0.15, 0.2) is 42.6 Å². The molecule has 0 radical (unpaired) electrons. The van der Waals surface area contributed by atoms with Gasteiger partial charge >= 0.3 is 0 Å². The van der Waals surface area contributed by atoms with Crippen LogP contribution in [0.4, 0.5) is 5.82 Å². The molecule has 0 spiro atoms. The number of benzene rings is 1. The van der Waals surface area contributed by atoms with Crippen LogP contribution in [0.3, 0.4) is 0 Å². The van der Waals surface area contributed by atoms with Gasteiger partial charge in [0.25, 0.3) is 0 Å².